The number of fused-ring (bicyclic) bond motifs is 1. The molecule has 0 radical (unpaired) electrons. The van der Waals surface area contributed by atoms with E-state index in [1.54, 1.807) is 42.9 Å². The van der Waals surface area contributed by atoms with Gasteiger partial charge in [0.25, 0.3) is 5.91 Å². The number of hydrogen-bond acceptors (Lipinski definition) is 4. The van der Waals surface area contributed by atoms with Gasteiger partial charge in [0.05, 0.1) is 6.20 Å². The monoisotopic (exact) mass is 344 g/mol. The van der Waals surface area contributed by atoms with Crippen molar-refractivity contribution in [3.63, 3.8) is 0 Å². The van der Waals surface area contributed by atoms with Gasteiger partial charge in [-0.2, -0.15) is 0 Å². The second-order valence-electron chi connectivity index (χ2n) is 5.69. The molecular formula is C20H16N4O2. The lowest BCUT2D eigenvalue weighted by Gasteiger charge is -2.10. The molecule has 3 heterocycles. The molecule has 6 nitrogen and oxygen atoms in total. The highest BCUT2D eigenvalue weighted by molar-refractivity contribution is 5.96. The number of carbonyl (C=O) groups is 1. The van der Waals surface area contributed by atoms with Crippen LogP contribution in [0.3, 0.4) is 0 Å². The second-order valence-corrected chi connectivity index (χ2v) is 5.69. The van der Waals surface area contributed by atoms with Crippen LogP contribution in [0.25, 0.3) is 10.9 Å². The number of nitrogens with one attached hydrogen (secondary N) is 2. The molecule has 2 N–H and O–H groups in total. The predicted octanol–water partition coefficient (Wildman–Crippen LogP) is 3.68. The molecule has 4 aromatic rings. The Kier molecular flexibility index (Phi) is 4.30. The minimum absolute atomic E-state index is 0.246. The van der Waals surface area contributed by atoms with Gasteiger partial charge in [0.2, 0.25) is 5.88 Å². The third-order valence-electron chi connectivity index (χ3n) is 3.99. The van der Waals surface area contributed by atoms with E-state index in [0.29, 0.717) is 17.9 Å². The van der Waals surface area contributed by atoms with E-state index in [1.807, 2.05) is 30.5 Å². The predicted molar refractivity (Wildman–Crippen MR) is 98.0 cm³/mol. The van der Waals surface area contributed by atoms with E-state index in [0.717, 1.165) is 16.5 Å². The van der Waals surface area contributed by atoms with Gasteiger partial charge in [-0.05, 0) is 42.0 Å². The van der Waals surface area contributed by atoms with Gasteiger partial charge in [0.15, 0.2) is 0 Å². The fourth-order valence-corrected chi connectivity index (χ4v) is 2.74. The molecule has 0 bridgehead atoms. The van der Waals surface area contributed by atoms with Gasteiger partial charge in [-0.3, -0.25) is 9.78 Å². The number of amides is 1. The fourth-order valence-electron chi connectivity index (χ4n) is 2.74. The summed E-state index contributed by atoms with van der Waals surface area (Å²) in [5, 5.41) is 4.02. The van der Waals surface area contributed by atoms with Crippen LogP contribution in [0.4, 0.5) is 0 Å². The highest BCUT2D eigenvalue weighted by Crippen LogP contribution is 2.22. The molecule has 0 saturated carbocycles. The van der Waals surface area contributed by atoms with Gasteiger partial charge in [0.1, 0.15) is 11.3 Å². The summed E-state index contributed by atoms with van der Waals surface area (Å²) in [5.41, 5.74) is 2.45. The molecular weight excluding hydrogens is 328 g/mol. The van der Waals surface area contributed by atoms with Crippen LogP contribution in [0.2, 0.25) is 0 Å². The van der Waals surface area contributed by atoms with E-state index in [-0.39, 0.29) is 11.8 Å². The molecule has 26 heavy (non-hydrogen) atoms. The Morgan fingerprint density at radius 3 is 2.88 bits per heavy atom. The first-order valence-corrected chi connectivity index (χ1v) is 8.17. The summed E-state index contributed by atoms with van der Waals surface area (Å²) >= 11 is 0. The third kappa shape index (κ3) is 3.25. The molecule has 1 amide bonds. The molecule has 0 atom stereocenters. The van der Waals surface area contributed by atoms with Crippen molar-refractivity contribution in [3.8, 4) is 11.6 Å². The highest BCUT2D eigenvalue weighted by Gasteiger charge is 2.14. The first-order chi connectivity index (χ1) is 12.8. The van der Waals surface area contributed by atoms with Crippen molar-refractivity contribution < 1.29 is 9.53 Å². The molecule has 0 aliphatic rings. The standard InChI is InChI=1S/C20H16N4O2/c25-19(24-12-14-4-1-7-18-16(14)8-11-22-18)17-6-3-10-23-20(17)26-15-5-2-9-21-13-15/h1-11,13,22H,12H2,(H,24,25). The zero-order chi connectivity index (χ0) is 17.8. The zero-order valence-electron chi connectivity index (χ0n) is 13.8. The second kappa shape index (κ2) is 7.06. The molecule has 0 fully saturated rings. The summed E-state index contributed by atoms with van der Waals surface area (Å²) in [6.45, 7) is 0.412. The topological polar surface area (TPSA) is 79.9 Å². The smallest absolute Gasteiger partial charge is 0.257 e. The zero-order valence-corrected chi connectivity index (χ0v) is 13.8. The van der Waals surface area contributed by atoms with E-state index < -0.39 is 0 Å². The Balaban J connectivity index is 1.52. The number of carbonyl (C=O) groups excluding carboxylic acids is 1. The molecule has 1 aromatic carbocycles. The van der Waals surface area contributed by atoms with Gasteiger partial charge in [0, 0.05) is 36.0 Å². The molecule has 0 unspecified atom stereocenters. The SMILES string of the molecule is O=C(NCc1cccc2[nH]ccc12)c1cccnc1Oc1cccnc1. The number of nitrogens with zero attached hydrogens (tertiary/aromatic N) is 2. The van der Waals surface area contributed by atoms with E-state index in [1.165, 1.54) is 0 Å². The number of benzene rings is 1. The van der Waals surface area contributed by atoms with Crippen molar-refractivity contribution in [2.24, 2.45) is 0 Å². The van der Waals surface area contributed by atoms with Crippen LogP contribution in [0, 0.1) is 0 Å². The molecule has 0 aliphatic heterocycles. The number of ether oxygens (including phenoxy) is 1. The summed E-state index contributed by atoms with van der Waals surface area (Å²) in [6, 6.07) is 14.9. The van der Waals surface area contributed by atoms with Crippen LogP contribution in [0.15, 0.2) is 73.3 Å². The quantitative estimate of drug-likeness (QED) is 0.579. The van der Waals surface area contributed by atoms with E-state index >= 15 is 0 Å². The molecule has 0 saturated heterocycles. The summed E-state index contributed by atoms with van der Waals surface area (Å²) in [6.07, 6.45) is 6.70. The van der Waals surface area contributed by atoms with E-state index in [2.05, 4.69) is 20.3 Å². The van der Waals surface area contributed by atoms with E-state index in [9.17, 15) is 4.79 Å². The summed E-state index contributed by atoms with van der Waals surface area (Å²) in [5.74, 6) is 0.528. The molecule has 0 spiro atoms. The summed E-state index contributed by atoms with van der Waals surface area (Å²) in [4.78, 5) is 24.0. The minimum Gasteiger partial charge on any atom is -0.437 e. The Morgan fingerprint density at radius 1 is 1.08 bits per heavy atom. The van der Waals surface area contributed by atoms with Gasteiger partial charge >= 0.3 is 0 Å². The minimum atomic E-state index is -0.246. The lowest BCUT2D eigenvalue weighted by atomic mass is 10.1. The molecule has 128 valence electrons. The lowest BCUT2D eigenvalue weighted by molar-refractivity contribution is 0.0948. The van der Waals surface area contributed by atoms with Crippen molar-refractivity contribution in [1.82, 2.24) is 20.3 Å². The van der Waals surface area contributed by atoms with Crippen molar-refractivity contribution in [2.45, 2.75) is 6.54 Å². The summed E-state index contributed by atoms with van der Waals surface area (Å²) in [7, 11) is 0. The molecule has 0 aliphatic carbocycles. The molecule has 4 rings (SSSR count). The average Bonchev–Trinajstić information content (AvgIpc) is 3.17. The van der Waals surface area contributed by atoms with Gasteiger partial charge in [-0.15, -0.1) is 0 Å². The first kappa shape index (κ1) is 15.8. The van der Waals surface area contributed by atoms with Crippen LogP contribution in [0.5, 0.6) is 11.6 Å². The van der Waals surface area contributed by atoms with Crippen molar-refractivity contribution in [3.05, 3.63) is 84.4 Å². The van der Waals surface area contributed by atoms with Crippen LogP contribution in [-0.2, 0) is 6.54 Å². The van der Waals surface area contributed by atoms with Gasteiger partial charge in [-0.25, -0.2) is 4.98 Å². The Labute approximate surface area is 149 Å². The number of aromatic amines is 1. The number of pyridine rings is 2. The maximum Gasteiger partial charge on any atom is 0.257 e. The van der Waals surface area contributed by atoms with Crippen LogP contribution in [-0.4, -0.2) is 20.9 Å². The Hall–Kier alpha value is -3.67. The number of H-pyrrole nitrogens is 1. The lowest BCUT2D eigenvalue weighted by Crippen LogP contribution is -2.23. The Morgan fingerprint density at radius 2 is 2.00 bits per heavy atom. The van der Waals surface area contributed by atoms with Gasteiger partial charge in [-0.1, -0.05) is 12.1 Å². The fraction of sp³-hybridized carbons (Fsp3) is 0.0500. The molecule has 3 aromatic heterocycles. The highest BCUT2D eigenvalue weighted by atomic mass is 16.5. The van der Waals surface area contributed by atoms with Crippen molar-refractivity contribution >= 4 is 16.8 Å². The number of rotatable bonds is 5. The van der Waals surface area contributed by atoms with Crippen LogP contribution in [0.1, 0.15) is 15.9 Å². The first-order valence-electron chi connectivity index (χ1n) is 8.17. The normalized spacial score (nSPS) is 10.6. The molecule has 6 heteroatoms. The van der Waals surface area contributed by atoms with Crippen molar-refractivity contribution in [1.29, 1.82) is 0 Å². The average molecular weight is 344 g/mol. The maximum atomic E-state index is 12.6. The van der Waals surface area contributed by atoms with Crippen molar-refractivity contribution in [2.75, 3.05) is 0 Å². The number of hydrogen-bond donors (Lipinski definition) is 2. The van der Waals surface area contributed by atoms with Crippen LogP contribution >= 0.6 is 0 Å². The summed E-state index contributed by atoms with van der Waals surface area (Å²) < 4.78 is 5.70. The van der Waals surface area contributed by atoms with Gasteiger partial charge < -0.3 is 15.0 Å². The van der Waals surface area contributed by atoms with E-state index in [4.69, 9.17) is 4.74 Å². The number of aromatic nitrogens is 3. The third-order valence-corrected chi connectivity index (χ3v) is 3.99. The Bertz CT molecular complexity index is 1040. The largest absolute Gasteiger partial charge is 0.437 e. The maximum absolute atomic E-state index is 12.6. The van der Waals surface area contributed by atoms with Crippen LogP contribution < -0.4 is 10.1 Å².